The summed E-state index contributed by atoms with van der Waals surface area (Å²) < 4.78 is 1.71. The van der Waals surface area contributed by atoms with Gasteiger partial charge in [-0.15, -0.1) is 0 Å². The monoisotopic (exact) mass is 493 g/mol. The molecule has 3 aromatic rings. The number of rotatable bonds is 6. The Morgan fingerprint density at radius 2 is 1.86 bits per heavy atom. The maximum absolute atomic E-state index is 13.0. The van der Waals surface area contributed by atoms with Gasteiger partial charge in [-0.05, 0) is 67.2 Å². The van der Waals surface area contributed by atoms with Gasteiger partial charge in [-0.25, -0.2) is 0 Å². The molecule has 1 aliphatic heterocycles. The summed E-state index contributed by atoms with van der Waals surface area (Å²) in [5, 5.41) is 13.1. The SMILES string of the molecule is CN1CCCC1c1ccc(CN=C(Sc2ccc(O)cc2)c2c(N)n(CC(C)(C)C)[nH]c2=O)cc1. The molecule has 0 spiro atoms. The Labute approximate surface area is 211 Å². The summed E-state index contributed by atoms with van der Waals surface area (Å²) in [4.78, 5) is 21.1. The number of aliphatic imine (C=N–C) groups is 1. The Balaban J connectivity index is 1.63. The average molecular weight is 494 g/mol. The van der Waals surface area contributed by atoms with Gasteiger partial charge in [-0.1, -0.05) is 56.8 Å². The molecule has 1 fully saturated rings. The number of anilines is 1. The zero-order valence-electron chi connectivity index (χ0n) is 20.9. The van der Waals surface area contributed by atoms with E-state index < -0.39 is 0 Å². The van der Waals surface area contributed by atoms with E-state index in [4.69, 9.17) is 10.7 Å². The van der Waals surface area contributed by atoms with E-state index in [1.807, 2.05) is 0 Å². The van der Waals surface area contributed by atoms with Crippen molar-refractivity contribution in [2.24, 2.45) is 10.4 Å². The Hall–Kier alpha value is -2.97. The van der Waals surface area contributed by atoms with Crippen LogP contribution in [0, 0.1) is 5.41 Å². The van der Waals surface area contributed by atoms with Crippen molar-refractivity contribution >= 4 is 22.6 Å². The van der Waals surface area contributed by atoms with E-state index in [2.05, 4.69) is 62.1 Å². The lowest BCUT2D eigenvalue weighted by Gasteiger charge is -2.20. The standard InChI is InChI=1S/C27H35N5O2S/c1-27(2,3)17-32-24(28)23(25(34)30-32)26(35-21-13-11-20(33)12-14-21)29-16-18-7-9-19(10-8-18)22-6-5-15-31(22)4/h7-14,22,33H,5-6,15-17,28H2,1-4H3,(H,30,34). The van der Waals surface area contributed by atoms with Crippen LogP contribution in [0.25, 0.3) is 0 Å². The molecule has 0 bridgehead atoms. The Morgan fingerprint density at radius 1 is 1.17 bits per heavy atom. The lowest BCUT2D eigenvalue weighted by atomic mass is 9.97. The third-order valence-corrected chi connectivity index (χ3v) is 7.23. The topological polar surface area (TPSA) is 99.6 Å². The fourth-order valence-corrected chi connectivity index (χ4v) is 5.35. The van der Waals surface area contributed by atoms with Gasteiger partial charge in [-0.2, -0.15) is 0 Å². The summed E-state index contributed by atoms with van der Waals surface area (Å²) in [5.74, 6) is 0.573. The van der Waals surface area contributed by atoms with Gasteiger partial charge in [0.2, 0.25) is 0 Å². The van der Waals surface area contributed by atoms with Crippen molar-refractivity contribution in [2.75, 3.05) is 19.3 Å². The molecule has 2 heterocycles. The van der Waals surface area contributed by atoms with Crippen LogP contribution in [0.2, 0.25) is 0 Å². The number of phenolic OH excluding ortho intramolecular Hbond substituents is 1. The summed E-state index contributed by atoms with van der Waals surface area (Å²) in [6.07, 6.45) is 2.42. The number of nitrogens with two attached hydrogens (primary N) is 1. The summed E-state index contributed by atoms with van der Waals surface area (Å²) >= 11 is 1.37. The first-order valence-electron chi connectivity index (χ1n) is 12.0. The summed E-state index contributed by atoms with van der Waals surface area (Å²) in [7, 11) is 2.18. The number of phenols is 1. The van der Waals surface area contributed by atoms with Crippen molar-refractivity contribution in [3.8, 4) is 5.75 Å². The van der Waals surface area contributed by atoms with Crippen LogP contribution >= 0.6 is 11.8 Å². The van der Waals surface area contributed by atoms with Crippen molar-refractivity contribution < 1.29 is 5.11 Å². The highest BCUT2D eigenvalue weighted by atomic mass is 32.2. The molecule has 0 amide bonds. The molecule has 8 heteroatoms. The average Bonchev–Trinajstić information content (AvgIpc) is 3.34. The smallest absolute Gasteiger partial charge is 0.276 e. The molecular weight excluding hydrogens is 458 g/mol. The third kappa shape index (κ3) is 6.18. The molecule has 35 heavy (non-hydrogen) atoms. The van der Waals surface area contributed by atoms with Crippen LogP contribution in [0.1, 0.15) is 56.3 Å². The summed E-state index contributed by atoms with van der Waals surface area (Å²) in [6, 6.07) is 15.9. The lowest BCUT2D eigenvalue weighted by molar-refractivity contribution is 0.317. The Kier molecular flexibility index (Phi) is 7.42. The minimum Gasteiger partial charge on any atom is -0.508 e. The van der Waals surface area contributed by atoms with E-state index in [9.17, 15) is 9.90 Å². The maximum atomic E-state index is 13.0. The molecule has 4 N–H and O–H groups in total. The third-order valence-electron chi connectivity index (χ3n) is 6.20. The van der Waals surface area contributed by atoms with Gasteiger partial charge in [0.25, 0.3) is 5.56 Å². The second kappa shape index (κ2) is 10.3. The Bertz CT molecular complexity index is 1240. The fourth-order valence-electron chi connectivity index (χ4n) is 4.42. The summed E-state index contributed by atoms with van der Waals surface area (Å²) in [5.41, 5.74) is 8.94. The summed E-state index contributed by atoms with van der Waals surface area (Å²) in [6.45, 7) is 8.44. The van der Waals surface area contributed by atoms with Crippen molar-refractivity contribution in [1.82, 2.24) is 14.7 Å². The van der Waals surface area contributed by atoms with Gasteiger partial charge >= 0.3 is 0 Å². The van der Waals surface area contributed by atoms with Gasteiger partial charge in [0.1, 0.15) is 22.2 Å². The van der Waals surface area contributed by atoms with Crippen LogP contribution in [-0.2, 0) is 13.1 Å². The number of nitrogen functional groups attached to an aromatic ring is 1. The predicted octanol–water partition coefficient (Wildman–Crippen LogP) is 5.02. The minimum atomic E-state index is -0.253. The van der Waals surface area contributed by atoms with Crippen LogP contribution in [0.3, 0.4) is 0 Å². The van der Waals surface area contributed by atoms with Gasteiger partial charge in [-0.3, -0.25) is 24.5 Å². The molecule has 1 aliphatic rings. The molecule has 0 aliphatic carbocycles. The van der Waals surface area contributed by atoms with E-state index in [-0.39, 0.29) is 16.7 Å². The van der Waals surface area contributed by atoms with Crippen LogP contribution in [-0.4, -0.2) is 38.4 Å². The first-order valence-corrected chi connectivity index (χ1v) is 12.8. The molecule has 1 aromatic heterocycles. The van der Waals surface area contributed by atoms with E-state index >= 15 is 0 Å². The number of thioether (sulfide) groups is 1. The quantitative estimate of drug-likeness (QED) is 0.254. The molecule has 4 rings (SSSR count). The van der Waals surface area contributed by atoms with Gasteiger partial charge < -0.3 is 10.8 Å². The number of benzene rings is 2. The van der Waals surface area contributed by atoms with Crippen molar-refractivity contribution in [2.45, 2.75) is 57.6 Å². The first-order chi connectivity index (χ1) is 16.6. The number of aromatic amines is 1. The zero-order valence-corrected chi connectivity index (χ0v) is 21.7. The van der Waals surface area contributed by atoms with E-state index in [0.717, 1.165) is 17.0 Å². The largest absolute Gasteiger partial charge is 0.508 e. The molecular formula is C27H35N5O2S. The molecule has 1 atom stereocenters. The molecule has 0 saturated carbocycles. The normalized spacial score (nSPS) is 17.3. The van der Waals surface area contributed by atoms with Crippen molar-refractivity contribution in [3.63, 3.8) is 0 Å². The van der Waals surface area contributed by atoms with Crippen LogP contribution in [0.15, 0.2) is 63.2 Å². The highest BCUT2D eigenvalue weighted by molar-refractivity contribution is 8.14. The number of H-pyrrole nitrogens is 1. The highest BCUT2D eigenvalue weighted by Gasteiger charge is 2.23. The van der Waals surface area contributed by atoms with Crippen molar-refractivity contribution in [3.05, 3.63) is 75.6 Å². The molecule has 2 aromatic carbocycles. The van der Waals surface area contributed by atoms with Crippen LogP contribution < -0.4 is 11.3 Å². The van der Waals surface area contributed by atoms with Crippen LogP contribution in [0.4, 0.5) is 5.82 Å². The predicted molar refractivity (Wildman–Crippen MR) is 144 cm³/mol. The minimum absolute atomic E-state index is 0.0517. The van der Waals surface area contributed by atoms with Gasteiger partial charge in [0.15, 0.2) is 0 Å². The number of aromatic nitrogens is 2. The Morgan fingerprint density at radius 3 is 2.46 bits per heavy atom. The van der Waals surface area contributed by atoms with E-state index in [1.165, 1.54) is 30.2 Å². The molecule has 7 nitrogen and oxygen atoms in total. The highest BCUT2D eigenvalue weighted by Crippen LogP contribution is 2.31. The second-order valence-corrected chi connectivity index (χ2v) is 11.5. The van der Waals surface area contributed by atoms with E-state index in [0.29, 0.717) is 35.6 Å². The molecule has 186 valence electrons. The lowest BCUT2D eigenvalue weighted by Crippen LogP contribution is -2.19. The number of hydrogen-bond donors (Lipinski definition) is 3. The van der Waals surface area contributed by atoms with Gasteiger partial charge in [0, 0.05) is 17.5 Å². The van der Waals surface area contributed by atoms with E-state index in [1.54, 1.807) is 28.9 Å². The van der Waals surface area contributed by atoms with Gasteiger partial charge in [0.05, 0.1) is 6.54 Å². The number of nitrogens with zero attached hydrogens (tertiary/aromatic N) is 3. The second-order valence-electron chi connectivity index (χ2n) is 10.4. The molecule has 0 radical (unpaired) electrons. The number of aromatic hydroxyl groups is 1. The number of nitrogens with one attached hydrogen (secondary N) is 1. The first kappa shape index (κ1) is 25.1. The molecule has 1 saturated heterocycles. The molecule has 1 unspecified atom stereocenters. The number of hydrogen-bond acceptors (Lipinski definition) is 6. The number of likely N-dealkylation sites (tertiary alicyclic amines) is 1. The van der Waals surface area contributed by atoms with Crippen molar-refractivity contribution in [1.29, 1.82) is 0 Å². The van der Waals surface area contributed by atoms with Crippen LogP contribution in [0.5, 0.6) is 5.75 Å². The fraction of sp³-hybridized carbons (Fsp3) is 0.407. The maximum Gasteiger partial charge on any atom is 0.276 e. The zero-order chi connectivity index (χ0) is 25.2.